The van der Waals surface area contributed by atoms with E-state index < -0.39 is 32.6 Å². The van der Waals surface area contributed by atoms with Gasteiger partial charge in [0, 0.05) is 5.75 Å². The quantitative estimate of drug-likeness (QED) is 0.855. The summed E-state index contributed by atoms with van der Waals surface area (Å²) in [4.78, 5) is 0.00656. The number of nitriles is 1. The second-order valence-electron chi connectivity index (χ2n) is 4.48. The van der Waals surface area contributed by atoms with Crippen molar-refractivity contribution in [2.75, 3.05) is 11.5 Å². The second-order valence-corrected chi connectivity index (χ2v) is 6.91. The molecule has 1 atom stereocenters. The van der Waals surface area contributed by atoms with Crippen LogP contribution >= 0.6 is 23.2 Å². The van der Waals surface area contributed by atoms with E-state index in [4.69, 9.17) is 34.2 Å². The molecule has 0 spiro atoms. The van der Waals surface area contributed by atoms with Crippen LogP contribution in [0.15, 0.2) is 17.0 Å². The van der Waals surface area contributed by atoms with E-state index in [1.807, 2.05) is 0 Å². The summed E-state index contributed by atoms with van der Waals surface area (Å²) in [6, 6.07) is 3.51. The normalized spacial score (nSPS) is 12.9. The summed E-state index contributed by atoms with van der Waals surface area (Å²) in [7, 11) is -1.58. The standard InChI is InChI=1S/C13H9Cl2F3N4OS/c1-2-24(23)11-7(5-19)21-22(12(11)20)8-4-3-6(13(16,17)18)9(14)10(8)15/h3-4H,2,20H2,1H3. The van der Waals surface area contributed by atoms with Gasteiger partial charge in [-0.05, 0) is 12.1 Å². The molecule has 0 aliphatic carbocycles. The Morgan fingerprint density at radius 1 is 1.38 bits per heavy atom. The molecule has 1 unspecified atom stereocenters. The molecule has 0 radical (unpaired) electrons. The molecule has 2 aromatic rings. The SMILES string of the molecule is CCS(=O)c1c(C#N)nn(-c2ccc(C(F)(F)F)c(Cl)c2Cl)c1N. The molecule has 0 aliphatic rings. The maximum absolute atomic E-state index is 12.8. The highest BCUT2D eigenvalue weighted by Crippen LogP contribution is 2.41. The summed E-state index contributed by atoms with van der Waals surface area (Å²) in [5.74, 6) is 0.0379. The molecule has 1 aromatic heterocycles. The fraction of sp³-hybridized carbons (Fsp3) is 0.231. The van der Waals surface area contributed by atoms with Crippen LogP contribution in [-0.4, -0.2) is 19.7 Å². The molecule has 0 saturated carbocycles. The van der Waals surface area contributed by atoms with E-state index in [-0.39, 0.29) is 27.8 Å². The fourth-order valence-electron chi connectivity index (χ4n) is 1.96. The van der Waals surface area contributed by atoms with Gasteiger partial charge in [-0.2, -0.15) is 23.5 Å². The number of nitrogen functional groups attached to an aromatic ring is 1. The number of benzene rings is 1. The first-order chi connectivity index (χ1) is 11.1. The Labute approximate surface area is 147 Å². The number of nitrogens with zero attached hydrogens (tertiary/aromatic N) is 3. The van der Waals surface area contributed by atoms with Gasteiger partial charge in [-0.25, -0.2) is 4.68 Å². The lowest BCUT2D eigenvalue weighted by Gasteiger charge is -2.13. The number of aromatic nitrogens is 2. The average molecular weight is 397 g/mol. The highest BCUT2D eigenvalue weighted by molar-refractivity contribution is 7.85. The van der Waals surface area contributed by atoms with Crippen molar-refractivity contribution >= 4 is 39.8 Å². The van der Waals surface area contributed by atoms with Crippen molar-refractivity contribution in [3.63, 3.8) is 0 Å². The largest absolute Gasteiger partial charge is 0.417 e. The summed E-state index contributed by atoms with van der Waals surface area (Å²) in [5.41, 5.74) is 4.51. The highest BCUT2D eigenvalue weighted by Gasteiger charge is 2.35. The maximum atomic E-state index is 12.8. The second kappa shape index (κ2) is 6.63. The molecule has 0 amide bonds. The van der Waals surface area contributed by atoms with Crippen LogP contribution in [0.1, 0.15) is 18.2 Å². The first kappa shape index (κ1) is 18.6. The first-order valence-corrected chi connectivity index (χ1v) is 8.43. The Hall–Kier alpha value is -1.76. The molecule has 1 aromatic carbocycles. The van der Waals surface area contributed by atoms with Crippen LogP contribution in [0, 0.1) is 11.3 Å². The van der Waals surface area contributed by atoms with Crippen LogP contribution in [-0.2, 0) is 17.0 Å². The predicted molar refractivity (Wildman–Crippen MR) is 84.7 cm³/mol. The summed E-state index contributed by atoms with van der Waals surface area (Å²) in [6.45, 7) is 1.62. The summed E-state index contributed by atoms with van der Waals surface area (Å²) in [5, 5.41) is 11.8. The van der Waals surface area contributed by atoms with Crippen molar-refractivity contribution in [2.45, 2.75) is 18.0 Å². The van der Waals surface area contributed by atoms with Crippen molar-refractivity contribution in [3.05, 3.63) is 33.4 Å². The third kappa shape index (κ3) is 3.09. The van der Waals surface area contributed by atoms with Crippen molar-refractivity contribution < 1.29 is 17.4 Å². The molecule has 128 valence electrons. The van der Waals surface area contributed by atoms with E-state index in [9.17, 15) is 17.4 Å². The number of hydrogen-bond donors (Lipinski definition) is 1. The molecule has 0 aliphatic heterocycles. The van der Waals surface area contributed by atoms with Gasteiger partial charge in [-0.1, -0.05) is 30.1 Å². The van der Waals surface area contributed by atoms with Crippen LogP contribution in [0.25, 0.3) is 5.69 Å². The van der Waals surface area contributed by atoms with Gasteiger partial charge in [0.2, 0.25) is 0 Å². The van der Waals surface area contributed by atoms with E-state index in [1.54, 1.807) is 13.0 Å². The van der Waals surface area contributed by atoms with Crippen molar-refractivity contribution in [3.8, 4) is 11.8 Å². The molecule has 2 N–H and O–H groups in total. The van der Waals surface area contributed by atoms with E-state index in [2.05, 4.69) is 5.10 Å². The number of rotatable bonds is 3. The lowest BCUT2D eigenvalue weighted by molar-refractivity contribution is -0.137. The summed E-state index contributed by atoms with van der Waals surface area (Å²) in [6.07, 6.45) is -4.68. The van der Waals surface area contributed by atoms with Crippen LogP contribution in [0.2, 0.25) is 10.0 Å². The molecule has 2 rings (SSSR count). The molecule has 1 heterocycles. The lowest BCUT2D eigenvalue weighted by Crippen LogP contribution is -2.09. The van der Waals surface area contributed by atoms with Crippen LogP contribution < -0.4 is 5.73 Å². The zero-order valence-corrected chi connectivity index (χ0v) is 14.3. The lowest BCUT2D eigenvalue weighted by atomic mass is 10.2. The molecule has 0 fully saturated rings. The van der Waals surface area contributed by atoms with Gasteiger partial charge in [-0.15, -0.1) is 0 Å². The topological polar surface area (TPSA) is 84.7 Å². The highest BCUT2D eigenvalue weighted by atomic mass is 35.5. The van der Waals surface area contributed by atoms with Crippen molar-refractivity contribution in [2.24, 2.45) is 0 Å². The van der Waals surface area contributed by atoms with E-state index in [0.29, 0.717) is 0 Å². The zero-order chi connectivity index (χ0) is 18.2. The Morgan fingerprint density at radius 2 is 2.00 bits per heavy atom. The summed E-state index contributed by atoms with van der Waals surface area (Å²) >= 11 is 11.6. The molecule has 0 bridgehead atoms. The first-order valence-electron chi connectivity index (χ1n) is 6.36. The van der Waals surface area contributed by atoms with Crippen molar-refractivity contribution in [1.82, 2.24) is 9.78 Å². The van der Waals surface area contributed by atoms with E-state index in [0.717, 1.165) is 16.8 Å². The molecular formula is C13H9Cl2F3N4OS. The fourth-order valence-corrected chi connectivity index (χ4v) is 3.39. The maximum Gasteiger partial charge on any atom is 0.417 e. The molecule has 24 heavy (non-hydrogen) atoms. The van der Waals surface area contributed by atoms with Gasteiger partial charge in [0.25, 0.3) is 0 Å². The number of halogens is 5. The smallest absolute Gasteiger partial charge is 0.383 e. The van der Waals surface area contributed by atoms with E-state index >= 15 is 0 Å². The van der Waals surface area contributed by atoms with E-state index in [1.165, 1.54) is 0 Å². The predicted octanol–water partition coefficient (Wildman–Crippen LogP) is 3.78. The number of alkyl halides is 3. The Morgan fingerprint density at radius 3 is 2.50 bits per heavy atom. The zero-order valence-electron chi connectivity index (χ0n) is 12.0. The number of anilines is 1. The third-order valence-electron chi connectivity index (χ3n) is 3.07. The third-order valence-corrected chi connectivity index (χ3v) is 5.32. The van der Waals surface area contributed by atoms with Crippen molar-refractivity contribution in [1.29, 1.82) is 5.26 Å². The minimum Gasteiger partial charge on any atom is -0.383 e. The Kier molecular flexibility index (Phi) is 5.13. The molecule has 11 heteroatoms. The Bertz CT molecular complexity index is 874. The molecule has 5 nitrogen and oxygen atoms in total. The Balaban J connectivity index is 2.71. The molecular weight excluding hydrogens is 388 g/mol. The number of nitrogens with two attached hydrogens (primary N) is 1. The average Bonchev–Trinajstić information content (AvgIpc) is 2.84. The minimum atomic E-state index is -4.68. The van der Waals surface area contributed by atoms with Gasteiger partial charge in [0.15, 0.2) is 5.69 Å². The van der Waals surface area contributed by atoms with Crippen LogP contribution in [0.5, 0.6) is 0 Å². The van der Waals surface area contributed by atoms with Gasteiger partial charge in [0.1, 0.15) is 16.8 Å². The van der Waals surface area contributed by atoms with Gasteiger partial charge in [0.05, 0.1) is 32.1 Å². The van der Waals surface area contributed by atoms with Gasteiger partial charge >= 0.3 is 6.18 Å². The number of hydrogen-bond acceptors (Lipinski definition) is 4. The monoisotopic (exact) mass is 396 g/mol. The van der Waals surface area contributed by atoms with Gasteiger partial charge in [-0.3, -0.25) is 4.21 Å². The minimum absolute atomic E-state index is 0.00656. The van der Waals surface area contributed by atoms with Gasteiger partial charge < -0.3 is 5.73 Å². The van der Waals surface area contributed by atoms with Crippen LogP contribution in [0.4, 0.5) is 19.0 Å². The summed E-state index contributed by atoms with van der Waals surface area (Å²) < 4.78 is 51.5. The van der Waals surface area contributed by atoms with Crippen LogP contribution in [0.3, 0.4) is 0 Å². The molecule has 0 saturated heterocycles.